The van der Waals surface area contributed by atoms with E-state index in [-0.39, 0.29) is 17.9 Å². The summed E-state index contributed by atoms with van der Waals surface area (Å²) >= 11 is 0. The molecule has 2 unspecified atom stereocenters. The molecule has 2 atom stereocenters. The van der Waals surface area contributed by atoms with Crippen LogP contribution in [0.1, 0.15) is 24.3 Å². The van der Waals surface area contributed by atoms with Gasteiger partial charge in [0.1, 0.15) is 0 Å². The Bertz CT molecular complexity index is 438. The van der Waals surface area contributed by atoms with E-state index in [9.17, 15) is 4.79 Å². The molecule has 0 bridgehead atoms. The van der Waals surface area contributed by atoms with Gasteiger partial charge in [0, 0.05) is 25.6 Å². The van der Waals surface area contributed by atoms with Crippen LogP contribution in [0.2, 0.25) is 0 Å². The van der Waals surface area contributed by atoms with Gasteiger partial charge >= 0.3 is 0 Å². The number of benzene rings is 1. The lowest BCUT2D eigenvalue weighted by Crippen LogP contribution is -2.37. The fourth-order valence-corrected chi connectivity index (χ4v) is 2.16. The first-order chi connectivity index (χ1) is 8.79. The molecule has 0 radical (unpaired) electrons. The van der Waals surface area contributed by atoms with Crippen molar-refractivity contribution < 1.29 is 4.79 Å². The summed E-state index contributed by atoms with van der Waals surface area (Å²) in [6.45, 7) is 1.35. The summed E-state index contributed by atoms with van der Waals surface area (Å²) in [7, 11) is 0. The van der Waals surface area contributed by atoms with Gasteiger partial charge in [0.2, 0.25) is 5.91 Å². The fraction of sp³-hybridized carbons (Fsp3) is 0.429. The van der Waals surface area contributed by atoms with E-state index in [1.165, 1.54) is 0 Å². The van der Waals surface area contributed by atoms with Gasteiger partial charge in [-0.05, 0) is 12.0 Å². The Kier molecular flexibility index (Phi) is 4.32. The summed E-state index contributed by atoms with van der Waals surface area (Å²) in [4.78, 5) is 11.0. The minimum absolute atomic E-state index is 0.127. The summed E-state index contributed by atoms with van der Waals surface area (Å²) in [5.41, 5.74) is 1.03. The molecule has 4 heteroatoms. The zero-order valence-electron chi connectivity index (χ0n) is 10.2. The van der Waals surface area contributed by atoms with E-state index < -0.39 is 0 Å². The molecule has 0 aromatic heterocycles. The Morgan fingerprint density at radius 3 is 2.83 bits per heavy atom. The Morgan fingerprint density at radius 2 is 2.22 bits per heavy atom. The molecule has 1 aromatic carbocycles. The zero-order valence-corrected chi connectivity index (χ0v) is 10.2. The first kappa shape index (κ1) is 12.6. The second-order valence-electron chi connectivity index (χ2n) is 4.55. The number of hydrogen-bond donors (Lipinski definition) is 2. The van der Waals surface area contributed by atoms with Gasteiger partial charge in [-0.15, -0.1) is 0 Å². The topological polar surface area (TPSA) is 64.9 Å². The highest BCUT2D eigenvalue weighted by atomic mass is 16.1. The van der Waals surface area contributed by atoms with Crippen LogP contribution in [0, 0.1) is 11.3 Å². The van der Waals surface area contributed by atoms with Gasteiger partial charge in [0.25, 0.3) is 0 Å². The van der Waals surface area contributed by atoms with Crippen molar-refractivity contribution in [3.63, 3.8) is 0 Å². The summed E-state index contributed by atoms with van der Waals surface area (Å²) in [6.07, 6.45) is 1.50. The van der Waals surface area contributed by atoms with Crippen LogP contribution in [-0.2, 0) is 4.79 Å². The minimum atomic E-state index is -0.136. The molecule has 0 saturated carbocycles. The minimum Gasteiger partial charge on any atom is -0.352 e. The van der Waals surface area contributed by atoms with Crippen molar-refractivity contribution in [2.75, 3.05) is 13.1 Å². The molecule has 1 amide bonds. The van der Waals surface area contributed by atoms with E-state index in [1.807, 2.05) is 30.3 Å². The molecule has 1 aliphatic rings. The quantitative estimate of drug-likeness (QED) is 0.815. The number of carbonyl (C=O) groups excluding carboxylic acids is 1. The van der Waals surface area contributed by atoms with Crippen molar-refractivity contribution in [3.05, 3.63) is 35.9 Å². The normalized spacial score (nSPS) is 20.2. The maximum atomic E-state index is 11.0. The Labute approximate surface area is 107 Å². The summed E-state index contributed by atoms with van der Waals surface area (Å²) < 4.78 is 0. The van der Waals surface area contributed by atoms with Gasteiger partial charge in [-0.3, -0.25) is 4.79 Å². The first-order valence-corrected chi connectivity index (χ1v) is 6.24. The zero-order chi connectivity index (χ0) is 12.8. The van der Waals surface area contributed by atoms with Crippen LogP contribution in [0.5, 0.6) is 0 Å². The number of nitrogens with one attached hydrogen (secondary N) is 2. The van der Waals surface area contributed by atoms with Crippen LogP contribution in [0.4, 0.5) is 0 Å². The Hall–Kier alpha value is -1.86. The van der Waals surface area contributed by atoms with Crippen molar-refractivity contribution >= 4 is 5.91 Å². The molecular formula is C14H17N3O. The van der Waals surface area contributed by atoms with Crippen molar-refractivity contribution in [1.29, 1.82) is 5.26 Å². The number of carbonyl (C=O) groups is 1. The van der Waals surface area contributed by atoms with Crippen molar-refractivity contribution in [2.45, 2.75) is 24.8 Å². The van der Waals surface area contributed by atoms with Crippen LogP contribution < -0.4 is 10.6 Å². The molecule has 2 rings (SSSR count). The third-order valence-electron chi connectivity index (χ3n) is 3.18. The van der Waals surface area contributed by atoms with Gasteiger partial charge in [0.05, 0.1) is 12.0 Å². The molecular weight excluding hydrogens is 226 g/mol. The molecule has 94 valence electrons. The van der Waals surface area contributed by atoms with Gasteiger partial charge < -0.3 is 10.6 Å². The van der Waals surface area contributed by atoms with Crippen LogP contribution >= 0.6 is 0 Å². The number of amides is 1. The molecule has 2 N–H and O–H groups in total. The third-order valence-corrected chi connectivity index (χ3v) is 3.18. The lowest BCUT2D eigenvalue weighted by atomic mass is 10.0. The van der Waals surface area contributed by atoms with E-state index in [2.05, 4.69) is 16.7 Å². The highest BCUT2D eigenvalue weighted by Gasteiger charge is 2.20. The van der Waals surface area contributed by atoms with Crippen molar-refractivity contribution in [3.8, 4) is 6.07 Å². The SMILES string of the molecule is N#CC(CNCC1CCC(=O)N1)c1ccccc1. The lowest BCUT2D eigenvalue weighted by Gasteiger charge is -2.14. The Morgan fingerprint density at radius 1 is 1.44 bits per heavy atom. The molecule has 0 aliphatic carbocycles. The second-order valence-corrected chi connectivity index (χ2v) is 4.55. The summed E-state index contributed by atoms with van der Waals surface area (Å²) in [6, 6.07) is 12.3. The number of rotatable bonds is 5. The number of nitriles is 1. The highest BCUT2D eigenvalue weighted by molar-refractivity contribution is 5.78. The maximum absolute atomic E-state index is 11.0. The largest absolute Gasteiger partial charge is 0.352 e. The molecule has 1 fully saturated rings. The van der Waals surface area contributed by atoms with E-state index >= 15 is 0 Å². The van der Waals surface area contributed by atoms with Crippen LogP contribution in [-0.4, -0.2) is 25.0 Å². The first-order valence-electron chi connectivity index (χ1n) is 6.24. The third kappa shape index (κ3) is 3.31. The molecule has 1 saturated heterocycles. The number of nitrogens with zero attached hydrogens (tertiary/aromatic N) is 1. The van der Waals surface area contributed by atoms with Gasteiger partial charge in [0.15, 0.2) is 0 Å². The van der Waals surface area contributed by atoms with Gasteiger partial charge in [-0.25, -0.2) is 0 Å². The average molecular weight is 243 g/mol. The van der Waals surface area contributed by atoms with E-state index in [4.69, 9.17) is 5.26 Å². The van der Waals surface area contributed by atoms with Crippen LogP contribution in [0.15, 0.2) is 30.3 Å². The monoisotopic (exact) mass is 243 g/mol. The molecule has 1 aliphatic heterocycles. The molecule has 1 heterocycles. The predicted molar refractivity (Wildman–Crippen MR) is 68.8 cm³/mol. The number of hydrogen-bond acceptors (Lipinski definition) is 3. The van der Waals surface area contributed by atoms with E-state index in [1.54, 1.807) is 0 Å². The smallest absolute Gasteiger partial charge is 0.220 e. The van der Waals surface area contributed by atoms with Crippen molar-refractivity contribution in [1.82, 2.24) is 10.6 Å². The second kappa shape index (κ2) is 6.18. The Balaban J connectivity index is 1.78. The standard InChI is InChI=1S/C14H17N3O/c15-8-12(11-4-2-1-3-5-11)9-16-10-13-6-7-14(18)17-13/h1-5,12-13,16H,6-7,9-10H2,(H,17,18). The van der Waals surface area contributed by atoms with E-state index in [0.29, 0.717) is 13.0 Å². The van der Waals surface area contributed by atoms with E-state index in [0.717, 1.165) is 18.5 Å². The van der Waals surface area contributed by atoms with Crippen LogP contribution in [0.25, 0.3) is 0 Å². The van der Waals surface area contributed by atoms with Crippen molar-refractivity contribution in [2.24, 2.45) is 0 Å². The summed E-state index contributed by atoms with van der Waals surface area (Å²) in [5, 5.41) is 15.3. The maximum Gasteiger partial charge on any atom is 0.220 e. The average Bonchev–Trinajstić information content (AvgIpc) is 2.81. The molecule has 18 heavy (non-hydrogen) atoms. The van der Waals surface area contributed by atoms with Gasteiger partial charge in [-0.2, -0.15) is 5.26 Å². The predicted octanol–water partition coefficient (Wildman–Crippen LogP) is 1.16. The summed E-state index contributed by atoms with van der Waals surface area (Å²) in [5.74, 6) is -0.00926. The lowest BCUT2D eigenvalue weighted by molar-refractivity contribution is -0.119. The van der Waals surface area contributed by atoms with Gasteiger partial charge in [-0.1, -0.05) is 30.3 Å². The fourth-order valence-electron chi connectivity index (χ4n) is 2.16. The molecule has 4 nitrogen and oxygen atoms in total. The molecule has 0 spiro atoms. The molecule has 1 aromatic rings. The van der Waals surface area contributed by atoms with Crippen LogP contribution in [0.3, 0.4) is 0 Å². The highest BCUT2D eigenvalue weighted by Crippen LogP contribution is 2.13.